The Labute approximate surface area is 241 Å². The fraction of sp³-hybridized carbons (Fsp3) is 0.333. The van der Waals surface area contributed by atoms with Gasteiger partial charge in [-0.1, -0.05) is 0 Å². The van der Waals surface area contributed by atoms with Crippen molar-refractivity contribution in [1.82, 2.24) is 24.8 Å². The Bertz CT molecular complexity index is 1740. The maximum absolute atomic E-state index is 13.7. The molecule has 43 heavy (non-hydrogen) atoms. The number of fused-ring (bicyclic) bond motifs is 1. The van der Waals surface area contributed by atoms with Crippen molar-refractivity contribution in [2.75, 3.05) is 18.4 Å². The van der Waals surface area contributed by atoms with Crippen LogP contribution in [0, 0.1) is 0 Å². The summed E-state index contributed by atoms with van der Waals surface area (Å²) in [6.45, 7) is 5.24. The van der Waals surface area contributed by atoms with Crippen molar-refractivity contribution in [1.29, 1.82) is 0 Å². The van der Waals surface area contributed by atoms with E-state index in [-0.39, 0.29) is 52.5 Å². The molecule has 0 amide bonds. The van der Waals surface area contributed by atoms with Crippen LogP contribution in [0.2, 0.25) is 0 Å². The molecular formula is C27H24F6N6O3S. The molecule has 0 radical (unpaired) electrons. The lowest BCUT2D eigenvalue weighted by Crippen LogP contribution is -2.45. The van der Waals surface area contributed by atoms with E-state index in [9.17, 15) is 34.8 Å². The molecule has 1 aromatic carbocycles. The molecule has 16 heteroatoms. The first-order valence-corrected chi connectivity index (χ1v) is 14.4. The number of hydrogen-bond acceptors (Lipinski definition) is 9. The molecule has 4 aromatic rings. The number of aromatic nitrogens is 4. The lowest BCUT2D eigenvalue weighted by molar-refractivity contribution is -0.137. The first-order chi connectivity index (χ1) is 20.1. The van der Waals surface area contributed by atoms with Crippen molar-refractivity contribution in [2.45, 2.75) is 49.2 Å². The average Bonchev–Trinajstić information content (AvgIpc) is 2.91. The molecule has 1 aliphatic heterocycles. The van der Waals surface area contributed by atoms with Gasteiger partial charge in [-0.2, -0.15) is 26.3 Å². The number of nitrogens with zero attached hydrogens (tertiary/aromatic N) is 5. The van der Waals surface area contributed by atoms with E-state index >= 15 is 0 Å². The zero-order chi connectivity index (χ0) is 31.2. The van der Waals surface area contributed by atoms with E-state index in [1.807, 2.05) is 13.8 Å². The van der Waals surface area contributed by atoms with E-state index < -0.39 is 32.0 Å². The number of anilines is 2. The van der Waals surface area contributed by atoms with Gasteiger partial charge in [0.25, 0.3) is 9.84 Å². The van der Waals surface area contributed by atoms with Crippen LogP contribution in [0.5, 0.6) is 0 Å². The monoisotopic (exact) mass is 626 g/mol. The minimum atomic E-state index is -5.55. The molecule has 9 nitrogen and oxygen atoms in total. The van der Waals surface area contributed by atoms with Crippen molar-refractivity contribution in [3.8, 4) is 11.3 Å². The summed E-state index contributed by atoms with van der Waals surface area (Å²) < 4.78 is 109. The summed E-state index contributed by atoms with van der Waals surface area (Å²) in [6, 6.07) is 7.37. The molecule has 1 fully saturated rings. The van der Waals surface area contributed by atoms with Gasteiger partial charge in [0.15, 0.2) is 5.82 Å². The maximum atomic E-state index is 13.7. The Hall–Kier alpha value is -3.89. The molecule has 1 saturated heterocycles. The normalized spacial score (nSPS) is 18.6. The number of hydrogen-bond donors (Lipinski definition) is 1. The van der Waals surface area contributed by atoms with Gasteiger partial charge in [-0.25, -0.2) is 23.4 Å². The minimum Gasteiger partial charge on any atom is -0.373 e. The third-order valence-electron chi connectivity index (χ3n) is 6.56. The summed E-state index contributed by atoms with van der Waals surface area (Å²) in [7, 11) is -5.55. The van der Waals surface area contributed by atoms with E-state index in [0.29, 0.717) is 18.9 Å². The summed E-state index contributed by atoms with van der Waals surface area (Å²) in [6.07, 6.45) is -2.37. The summed E-state index contributed by atoms with van der Waals surface area (Å²) >= 11 is 0. The van der Waals surface area contributed by atoms with E-state index in [0.717, 1.165) is 30.3 Å². The number of benzene rings is 1. The lowest BCUT2D eigenvalue weighted by atomic mass is 10.1. The largest absolute Gasteiger partial charge is 0.501 e. The van der Waals surface area contributed by atoms with Gasteiger partial charge in [-0.3, -0.25) is 9.88 Å². The van der Waals surface area contributed by atoms with Crippen LogP contribution in [-0.2, 0) is 27.3 Å². The van der Waals surface area contributed by atoms with Crippen LogP contribution in [0.4, 0.5) is 37.8 Å². The quantitative estimate of drug-likeness (QED) is 0.268. The lowest BCUT2D eigenvalue weighted by Gasteiger charge is -2.34. The SMILES string of the molecule is C[C@@H]1CN(Cc2nc(Nc3ccc(S(=O)(=O)C(F)(F)F)cc3)c3ncc(-c4ncccc4C(F)(F)F)cc3n2)C[C@H](C)O1. The van der Waals surface area contributed by atoms with Crippen molar-refractivity contribution in [3.63, 3.8) is 0 Å². The van der Waals surface area contributed by atoms with Crippen molar-refractivity contribution in [2.24, 2.45) is 0 Å². The van der Waals surface area contributed by atoms with E-state index in [1.54, 1.807) is 0 Å². The van der Waals surface area contributed by atoms with Gasteiger partial charge >= 0.3 is 11.7 Å². The smallest absolute Gasteiger partial charge is 0.373 e. The second kappa shape index (κ2) is 11.3. The molecule has 2 atom stereocenters. The van der Waals surface area contributed by atoms with Crippen LogP contribution >= 0.6 is 0 Å². The van der Waals surface area contributed by atoms with Crippen LogP contribution in [0.25, 0.3) is 22.3 Å². The number of pyridine rings is 2. The van der Waals surface area contributed by atoms with Crippen LogP contribution in [0.15, 0.2) is 59.8 Å². The van der Waals surface area contributed by atoms with Crippen LogP contribution < -0.4 is 5.32 Å². The third-order valence-corrected chi connectivity index (χ3v) is 8.06. The highest BCUT2D eigenvalue weighted by Crippen LogP contribution is 2.37. The number of nitrogens with one attached hydrogen (secondary N) is 1. The molecule has 5 rings (SSSR count). The number of morpholine rings is 1. The number of rotatable bonds is 6. The molecular weight excluding hydrogens is 602 g/mol. The van der Waals surface area contributed by atoms with E-state index in [2.05, 4.69) is 30.2 Å². The fourth-order valence-corrected chi connectivity index (χ4v) is 5.58. The first kappa shape index (κ1) is 30.6. The Morgan fingerprint density at radius 2 is 1.65 bits per heavy atom. The van der Waals surface area contributed by atoms with Crippen molar-refractivity contribution in [3.05, 3.63) is 66.2 Å². The second-order valence-electron chi connectivity index (χ2n) is 10.0. The zero-order valence-electron chi connectivity index (χ0n) is 22.6. The molecule has 3 aromatic heterocycles. The molecule has 4 heterocycles. The number of halogens is 6. The van der Waals surface area contributed by atoms with Crippen molar-refractivity contribution >= 4 is 32.4 Å². The predicted octanol–water partition coefficient (Wildman–Crippen LogP) is 5.75. The van der Waals surface area contributed by atoms with Crippen LogP contribution in [0.1, 0.15) is 25.2 Å². The highest BCUT2D eigenvalue weighted by Gasteiger charge is 2.46. The first-order valence-electron chi connectivity index (χ1n) is 12.9. The molecule has 0 unspecified atom stereocenters. The Morgan fingerprint density at radius 3 is 2.28 bits per heavy atom. The van der Waals surface area contributed by atoms with Crippen molar-refractivity contribution < 1.29 is 39.5 Å². The number of ether oxygens (including phenoxy) is 1. The van der Waals surface area contributed by atoms with E-state index in [1.165, 1.54) is 24.5 Å². The van der Waals surface area contributed by atoms with Gasteiger partial charge in [0.2, 0.25) is 0 Å². The van der Waals surface area contributed by atoms with Gasteiger partial charge in [0.1, 0.15) is 11.3 Å². The molecule has 0 saturated carbocycles. The van der Waals surface area contributed by atoms with Crippen LogP contribution in [0.3, 0.4) is 0 Å². The predicted molar refractivity (Wildman–Crippen MR) is 144 cm³/mol. The Morgan fingerprint density at radius 1 is 0.977 bits per heavy atom. The molecule has 1 aliphatic rings. The van der Waals surface area contributed by atoms with Gasteiger partial charge in [-0.15, -0.1) is 0 Å². The average molecular weight is 627 g/mol. The highest BCUT2D eigenvalue weighted by molar-refractivity contribution is 7.92. The molecule has 1 N–H and O–H groups in total. The standard InChI is InChI=1S/C27H24F6N6O3S/c1-15-12-39(13-16(2)42-15)14-22-37-21-10-17(23-20(26(28,29)30)4-3-9-34-23)11-35-24(21)25(38-22)36-18-5-7-19(8-6-18)43(40,41)27(31,32)33/h3-11,15-16H,12-14H2,1-2H3,(H,36,37,38)/t15-,16+. The summed E-state index contributed by atoms with van der Waals surface area (Å²) in [5, 5.41) is 2.93. The van der Waals surface area contributed by atoms with Crippen LogP contribution in [-0.4, -0.2) is 64.1 Å². The molecule has 0 aliphatic carbocycles. The molecule has 228 valence electrons. The zero-order valence-corrected chi connectivity index (χ0v) is 23.4. The Balaban J connectivity index is 1.56. The Kier molecular flexibility index (Phi) is 8.04. The van der Waals surface area contributed by atoms with E-state index in [4.69, 9.17) is 4.74 Å². The maximum Gasteiger partial charge on any atom is 0.501 e. The van der Waals surface area contributed by atoms with Gasteiger partial charge in [0.05, 0.1) is 40.4 Å². The summed E-state index contributed by atoms with van der Waals surface area (Å²) in [5.41, 5.74) is -6.15. The highest BCUT2D eigenvalue weighted by atomic mass is 32.2. The van der Waals surface area contributed by atoms with Gasteiger partial charge in [-0.05, 0) is 56.3 Å². The number of alkyl halides is 6. The second-order valence-corrected chi connectivity index (χ2v) is 12.0. The number of sulfone groups is 1. The fourth-order valence-electron chi connectivity index (χ4n) is 4.82. The van der Waals surface area contributed by atoms with Gasteiger partial charge in [0, 0.05) is 36.7 Å². The van der Waals surface area contributed by atoms with Gasteiger partial charge < -0.3 is 10.1 Å². The third kappa shape index (κ3) is 6.55. The summed E-state index contributed by atoms with van der Waals surface area (Å²) in [5.74, 6) is 0.410. The molecule has 0 bridgehead atoms. The summed E-state index contributed by atoms with van der Waals surface area (Å²) in [4.78, 5) is 18.5. The molecule has 0 spiro atoms. The minimum absolute atomic E-state index is 0.0614. The topological polar surface area (TPSA) is 110 Å².